The molecule has 1 unspecified atom stereocenters. The van der Waals surface area contributed by atoms with Crippen molar-refractivity contribution in [3.8, 4) is 5.75 Å². The van der Waals surface area contributed by atoms with Crippen LogP contribution in [0.5, 0.6) is 5.75 Å². The fourth-order valence-corrected chi connectivity index (χ4v) is 4.62. The number of phenolic OH excluding ortho intramolecular Hbond substituents is 1. The summed E-state index contributed by atoms with van der Waals surface area (Å²) in [6.07, 6.45) is 0. The fourth-order valence-electron chi connectivity index (χ4n) is 4.62. The van der Waals surface area contributed by atoms with Crippen molar-refractivity contribution >= 4 is 23.1 Å². The number of phenols is 1. The van der Waals surface area contributed by atoms with E-state index in [1.807, 2.05) is 57.2 Å². The lowest BCUT2D eigenvalue weighted by molar-refractivity contribution is -0.132. The third-order valence-corrected chi connectivity index (χ3v) is 6.62. The maximum absolute atomic E-state index is 13.5. The monoisotopic (exact) mass is 469 g/mol. The number of aliphatic hydroxyl groups excluding tert-OH is 1. The van der Waals surface area contributed by atoms with Crippen LogP contribution < -0.4 is 4.90 Å². The molecule has 1 amide bonds. The Bertz CT molecular complexity index is 1360. The van der Waals surface area contributed by atoms with Gasteiger partial charge in [-0.25, -0.2) is 0 Å². The van der Waals surface area contributed by atoms with Crippen LogP contribution in [0, 0.1) is 20.8 Å². The summed E-state index contributed by atoms with van der Waals surface area (Å²) in [5.74, 6) is -1.55. The molecule has 5 heteroatoms. The fraction of sp³-hybridized carbons (Fsp3) is 0.267. The largest absolute Gasteiger partial charge is 0.508 e. The van der Waals surface area contributed by atoms with E-state index in [1.54, 1.807) is 12.1 Å². The molecule has 0 aromatic heterocycles. The summed E-state index contributed by atoms with van der Waals surface area (Å²) in [4.78, 5) is 28.4. The number of ketones is 1. The van der Waals surface area contributed by atoms with Gasteiger partial charge in [0, 0.05) is 11.3 Å². The zero-order valence-corrected chi connectivity index (χ0v) is 21.0. The molecule has 5 nitrogen and oxygen atoms in total. The predicted molar refractivity (Wildman–Crippen MR) is 139 cm³/mol. The highest BCUT2D eigenvalue weighted by Crippen LogP contribution is 2.44. The van der Waals surface area contributed by atoms with Gasteiger partial charge in [0.05, 0.1) is 11.6 Å². The van der Waals surface area contributed by atoms with Crippen LogP contribution in [0.25, 0.3) is 5.76 Å². The maximum Gasteiger partial charge on any atom is 0.300 e. The standard InChI is InChI=1S/C30H31NO4/c1-17-7-14-24(19(3)15-17)31-26(20-9-12-22(32)13-10-20)25(28(34)29(31)35)27(33)23-16-21(30(4,5)6)11-8-18(23)2/h7-16,26,32-33H,1-6H3/b27-25+. The van der Waals surface area contributed by atoms with Crippen LogP contribution in [-0.2, 0) is 15.0 Å². The number of aliphatic hydroxyl groups is 1. The van der Waals surface area contributed by atoms with Crippen molar-refractivity contribution in [3.05, 3.63) is 99.6 Å². The number of aromatic hydroxyl groups is 1. The number of benzene rings is 3. The van der Waals surface area contributed by atoms with Crippen LogP contribution in [0.3, 0.4) is 0 Å². The third-order valence-electron chi connectivity index (χ3n) is 6.62. The van der Waals surface area contributed by atoms with Gasteiger partial charge in [0.1, 0.15) is 11.5 Å². The number of hydrogen-bond donors (Lipinski definition) is 2. The van der Waals surface area contributed by atoms with Gasteiger partial charge in [-0.3, -0.25) is 14.5 Å². The first kappa shape index (κ1) is 24.3. The Morgan fingerprint density at radius 1 is 0.857 bits per heavy atom. The molecule has 2 N–H and O–H groups in total. The smallest absolute Gasteiger partial charge is 0.300 e. The van der Waals surface area contributed by atoms with Gasteiger partial charge in [0.15, 0.2) is 0 Å². The highest BCUT2D eigenvalue weighted by Gasteiger charge is 2.47. The van der Waals surface area contributed by atoms with Crippen LogP contribution in [-0.4, -0.2) is 21.9 Å². The molecular formula is C30H31NO4. The van der Waals surface area contributed by atoms with Crippen molar-refractivity contribution in [1.82, 2.24) is 0 Å². The van der Waals surface area contributed by atoms with Crippen molar-refractivity contribution in [2.45, 2.75) is 53.0 Å². The minimum atomic E-state index is -0.838. The minimum absolute atomic E-state index is 0.0369. The van der Waals surface area contributed by atoms with E-state index in [4.69, 9.17) is 0 Å². The second-order valence-electron chi connectivity index (χ2n) is 10.3. The molecule has 0 aliphatic carbocycles. The molecule has 1 heterocycles. The SMILES string of the molecule is Cc1ccc(N2C(=O)C(=O)/C(=C(/O)c3cc(C(C)(C)C)ccc3C)C2c2ccc(O)cc2)c(C)c1. The summed E-state index contributed by atoms with van der Waals surface area (Å²) in [5.41, 5.74) is 5.33. The summed E-state index contributed by atoms with van der Waals surface area (Å²) < 4.78 is 0. The van der Waals surface area contributed by atoms with Gasteiger partial charge in [-0.2, -0.15) is 0 Å². The number of aryl methyl sites for hydroxylation is 3. The summed E-state index contributed by atoms with van der Waals surface area (Å²) in [5, 5.41) is 21.4. The van der Waals surface area contributed by atoms with Gasteiger partial charge in [-0.1, -0.05) is 62.7 Å². The molecular weight excluding hydrogens is 438 g/mol. The Morgan fingerprint density at radius 3 is 2.11 bits per heavy atom. The quantitative estimate of drug-likeness (QED) is 0.270. The van der Waals surface area contributed by atoms with Gasteiger partial charge in [0.2, 0.25) is 0 Å². The molecule has 1 aliphatic heterocycles. The topological polar surface area (TPSA) is 77.8 Å². The van der Waals surface area contributed by atoms with E-state index >= 15 is 0 Å². The number of amides is 1. The number of carbonyl (C=O) groups excluding carboxylic acids is 2. The number of carbonyl (C=O) groups is 2. The van der Waals surface area contributed by atoms with Gasteiger partial charge in [-0.15, -0.1) is 0 Å². The van der Waals surface area contributed by atoms with Crippen molar-refractivity contribution in [2.75, 3.05) is 4.90 Å². The highest BCUT2D eigenvalue weighted by atomic mass is 16.3. The van der Waals surface area contributed by atoms with Gasteiger partial charge < -0.3 is 10.2 Å². The zero-order chi connectivity index (χ0) is 25.7. The number of anilines is 1. The molecule has 0 bridgehead atoms. The number of rotatable bonds is 3. The highest BCUT2D eigenvalue weighted by molar-refractivity contribution is 6.51. The van der Waals surface area contributed by atoms with E-state index in [-0.39, 0.29) is 22.5 Å². The minimum Gasteiger partial charge on any atom is -0.508 e. The average Bonchev–Trinajstić information content (AvgIpc) is 3.04. The molecule has 1 saturated heterocycles. The summed E-state index contributed by atoms with van der Waals surface area (Å²) in [7, 11) is 0. The Labute approximate surface area is 206 Å². The molecule has 3 aromatic rings. The molecule has 35 heavy (non-hydrogen) atoms. The van der Waals surface area contributed by atoms with Gasteiger partial charge >= 0.3 is 0 Å². The average molecular weight is 470 g/mol. The van der Waals surface area contributed by atoms with Crippen LogP contribution >= 0.6 is 0 Å². The van der Waals surface area contributed by atoms with Crippen molar-refractivity contribution in [3.63, 3.8) is 0 Å². The molecule has 1 atom stereocenters. The van der Waals surface area contributed by atoms with E-state index in [9.17, 15) is 19.8 Å². The molecule has 1 aliphatic rings. The molecule has 0 saturated carbocycles. The van der Waals surface area contributed by atoms with Crippen molar-refractivity contribution in [2.24, 2.45) is 0 Å². The summed E-state index contributed by atoms with van der Waals surface area (Å²) in [6, 6.07) is 17.1. The normalized spacial score (nSPS) is 17.8. The van der Waals surface area contributed by atoms with Crippen molar-refractivity contribution < 1.29 is 19.8 Å². The summed E-state index contributed by atoms with van der Waals surface area (Å²) >= 11 is 0. The zero-order valence-electron chi connectivity index (χ0n) is 21.0. The number of nitrogens with zero attached hydrogens (tertiary/aromatic N) is 1. The Kier molecular flexibility index (Phi) is 6.05. The first-order valence-corrected chi connectivity index (χ1v) is 11.7. The first-order valence-electron chi connectivity index (χ1n) is 11.7. The van der Waals surface area contributed by atoms with E-state index in [2.05, 4.69) is 20.8 Å². The van der Waals surface area contributed by atoms with E-state index in [0.29, 0.717) is 16.8 Å². The number of hydrogen-bond acceptors (Lipinski definition) is 4. The molecule has 0 radical (unpaired) electrons. The van der Waals surface area contributed by atoms with Crippen LogP contribution in [0.2, 0.25) is 0 Å². The molecule has 1 fully saturated rings. The van der Waals surface area contributed by atoms with E-state index in [0.717, 1.165) is 22.3 Å². The Hall–Kier alpha value is -3.86. The number of Topliss-reactive ketones (excluding diaryl/α,β-unsaturated/α-hetero) is 1. The third kappa shape index (κ3) is 4.34. The van der Waals surface area contributed by atoms with Gasteiger partial charge in [-0.05, 0) is 72.7 Å². The van der Waals surface area contributed by atoms with Crippen LogP contribution in [0.15, 0.2) is 66.2 Å². The molecule has 180 valence electrons. The van der Waals surface area contributed by atoms with E-state index < -0.39 is 17.7 Å². The molecule has 0 spiro atoms. The lowest BCUT2D eigenvalue weighted by atomic mass is 9.84. The van der Waals surface area contributed by atoms with Crippen LogP contribution in [0.4, 0.5) is 5.69 Å². The maximum atomic E-state index is 13.5. The van der Waals surface area contributed by atoms with Gasteiger partial charge in [0.25, 0.3) is 11.7 Å². The summed E-state index contributed by atoms with van der Waals surface area (Å²) in [6.45, 7) is 12.0. The molecule has 3 aromatic carbocycles. The second kappa shape index (κ2) is 8.73. The van der Waals surface area contributed by atoms with Crippen molar-refractivity contribution in [1.29, 1.82) is 0 Å². The molecule has 4 rings (SSSR count). The Balaban J connectivity index is 2.00. The lowest BCUT2D eigenvalue weighted by Crippen LogP contribution is -2.30. The second-order valence-corrected chi connectivity index (χ2v) is 10.3. The van der Waals surface area contributed by atoms with E-state index in [1.165, 1.54) is 17.0 Å². The lowest BCUT2D eigenvalue weighted by Gasteiger charge is -2.27. The first-order chi connectivity index (χ1) is 16.4. The van der Waals surface area contributed by atoms with Crippen LogP contribution in [0.1, 0.15) is 60.2 Å². The predicted octanol–water partition coefficient (Wildman–Crippen LogP) is 6.24. The Morgan fingerprint density at radius 2 is 1.51 bits per heavy atom.